The first-order valence-corrected chi connectivity index (χ1v) is 6.93. The molecule has 1 atom stereocenters. The molecule has 1 heterocycles. The molecule has 1 aromatic carbocycles. The lowest BCUT2D eigenvalue weighted by molar-refractivity contribution is -0.143. The molecular formula is C15H22N2O2. The second kappa shape index (κ2) is 6.57. The maximum Gasteiger partial charge on any atom is 0.307 e. The maximum absolute atomic E-state index is 11.6. The number of hydrogen-bond donors (Lipinski definition) is 1. The van der Waals surface area contributed by atoms with Crippen molar-refractivity contribution in [1.29, 1.82) is 0 Å². The fourth-order valence-corrected chi connectivity index (χ4v) is 2.51. The second-order valence-electron chi connectivity index (χ2n) is 4.86. The number of esters is 1. The summed E-state index contributed by atoms with van der Waals surface area (Å²) in [4.78, 5) is 13.9. The van der Waals surface area contributed by atoms with Crippen LogP contribution in [-0.2, 0) is 16.1 Å². The van der Waals surface area contributed by atoms with E-state index in [9.17, 15) is 4.79 Å². The molecule has 4 nitrogen and oxygen atoms in total. The zero-order valence-corrected chi connectivity index (χ0v) is 11.7. The summed E-state index contributed by atoms with van der Waals surface area (Å²) < 4.78 is 5.04. The number of nitrogens with one attached hydrogen (secondary N) is 1. The summed E-state index contributed by atoms with van der Waals surface area (Å²) in [6.07, 6.45) is 0.433. The van der Waals surface area contributed by atoms with E-state index in [4.69, 9.17) is 4.74 Å². The van der Waals surface area contributed by atoms with Crippen LogP contribution in [0.5, 0.6) is 0 Å². The first kappa shape index (κ1) is 13.9. The lowest BCUT2D eigenvalue weighted by Crippen LogP contribution is -2.38. The number of benzene rings is 1. The second-order valence-corrected chi connectivity index (χ2v) is 4.86. The number of hydrogen-bond acceptors (Lipinski definition) is 4. The summed E-state index contributed by atoms with van der Waals surface area (Å²) in [6, 6.07) is 8.52. The van der Waals surface area contributed by atoms with Gasteiger partial charge in [0.1, 0.15) is 0 Å². The number of rotatable bonds is 4. The summed E-state index contributed by atoms with van der Waals surface area (Å²) >= 11 is 0. The van der Waals surface area contributed by atoms with Crippen molar-refractivity contribution < 1.29 is 9.53 Å². The Bertz CT molecular complexity index is 434. The zero-order chi connectivity index (χ0) is 13.7. The number of ether oxygens (including phenoxy) is 1. The van der Waals surface area contributed by atoms with Gasteiger partial charge >= 0.3 is 5.97 Å². The average Bonchev–Trinajstić information content (AvgIpc) is 2.61. The van der Waals surface area contributed by atoms with Crippen LogP contribution in [0.2, 0.25) is 0 Å². The molecule has 1 unspecified atom stereocenters. The van der Waals surface area contributed by atoms with Crippen LogP contribution in [0, 0.1) is 0 Å². The zero-order valence-electron chi connectivity index (χ0n) is 11.7. The molecule has 4 heteroatoms. The molecule has 1 aromatic rings. The van der Waals surface area contributed by atoms with Crippen molar-refractivity contribution in [2.24, 2.45) is 0 Å². The van der Waals surface area contributed by atoms with Crippen LogP contribution < -0.4 is 10.2 Å². The molecule has 0 bridgehead atoms. The Morgan fingerprint density at radius 1 is 1.47 bits per heavy atom. The molecular weight excluding hydrogens is 240 g/mol. The molecule has 0 aromatic heterocycles. The molecule has 1 aliphatic rings. The van der Waals surface area contributed by atoms with E-state index < -0.39 is 0 Å². The number of fused-ring (bicyclic) bond motifs is 1. The van der Waals surface area contributed by atoms with Gasteiger partial charge in [-0.2, -0.15) is 0 Å². The van der Waals surface area contributed by atoms with Gasteiger partial charge in [0.2, 0.25) is 0 Å². The molecule has 0 aliphatic carbocycles. The van der Waals surface area contributed by atoms with Crippen LogP contribution in [0.3, 0.4) is 0 Å². The van der Waals surface area contributed by atoms with Crippen molar-refractivity contribution in [2.45, 2.75) is 32.9 Å². The highest BCUT2D eigenvalue weighted by molar-refractivity contribution is 5.71. The predicted molar refractivity (Wildman–Crippen MR) is 76.2 cm³/mol. The van der Waals surface area contributed by atoms with Gasteiger partial charge in [-0.05, 0) is 25.5 Å². The highest BCUT2D eigenvalue weighted by Crippen LogP contribution is 2.25. The van der Waals surface area contributed by atoms with E-state index >= 15 is 0 Å². The van der Waals surface area contributed by atoms with Crippen molar-refractivity contribution in [1.82, 2.24) is 5.32 Å². The average molecular weight is 262 g/mol. The molecule has 104 valence electrons. The highest BCUT2D eigenvalue weighted by atomic mass is 16.5. The fourth-order valence-electron chi connectivity index (χ4n) is 2.51. The van der Waals surface area contributed by atoms with Crippen LogP contribution in [0.1, 0.15) is 25.8 Å². The van der Waals surface area contributed by atoms with Gasteiger partial charge in [0.25, 0.3) is 0 Å². The molecule has 19 heavy (non-hydrogen) atoms. The van der Waals surface area contributed by atoms with E-state index in [-0.39, 0.29) is 12.0 Å². The SMILES string of the molecule is CCOC(=O)CC(C)N1CCNCc2ccccc21. The van der Waals surface area contributed by atoms with Crippen LogP contribution in [0.15, 0.2) is 24.3 Å². The van der Waals surface area contributed by atoms with Crippen molar-refractivity contribution in [3.05, 3.63) is 29.8 Å². The lowest BCUT2D eigenvalue weighted by atomic mass is 10.1. The molecule has 0 amide bonds. The van der Waals surface area contributed by atoms with E-state index in [2.05, 4.69) is 35.3 Å². The molecule has 0 spiro atoms. The van der Waals surface area contributed by atoms with E-state index in [0.29, 0.717) is 13.0 Å². The standard InChI is InChI=1S/C15H22N2O2/c1-3-19-15(18)10-12(2)17-9-8-16-11-13-6-4-5-7-14(13)17/h4-7,12,16H,3,8-11H2,1-2H3. The largest absolute Gasteiger partial charge is 0.466 e. The number of para-hydroxylation sites is 1. The highest BCUT2D eigenvalue weighted by Gasteiger charge is 2.21. The lowest BCUT2D eigenvalue weighted by Gasteiger charge is -2.30. The minimum Gasteiger partial charge on any atom is -0.466 e. The maximum atomic E-state index is 11.6. The normalized spacial score (nSPS) is 16.4. The topological polar surface area (TPSA) is 41.6 Å². The van der Waals surface area contributed by atoms with Gasteiger partial charge in [-0.1, -0.05) is 18.2 Å². The molecule has 0 radical (unpaired) electrons. The van der Waals surface area contributed by atoms with Gasteiger partial charge in [0, 0.05) is 31.4 Å². The number of carbonyl (C=O) groups excluding carboxylic acids is 1. The van der Waals surface area contributed by atoms with Crippen LogP contribution in [0.4, 0.5) is 5.69 Å². The van der Waals surface area contributed by atoms with Crippen molar-refractivity contribution in [3.63, 3.8) is 0 Å². The van der Waals surface area contributed by atoms with Crippen LogP contribution >= 0.6 is 0 Å². The van der Waals surface area contributed by atoms with Gasteiger partial charge in [0.05, 0.1) is 13.0 Å². The van der Waals surface area contributed by atoms with E-state index in [1.165, 1.54) is 11.3 Å². The predicted octanol–water partition coefficient (Wildman–Crippen LogP) is 1.94. The van der Waals surface area contributed by atoms with Gasteiger partial charge in [-0.25, -0.2) is 0 Å². The summed E-state index contributed by atoms with van der Waals surface area (Å²) in [6.45, 7) is 7.11. The van der Waals surface area contributed by atoms with Crippen LogP contribution in [-0.4, -0.2) is 31.7 Å². The van der Waals surface area contributed by atoms with E-state index in [1.807, 2.05) is 13.0 Å². The molecule has 1 aliphatic heterocycles. The van der Waals surface area contributed by atoms with Gasteiger partial charge in [-0.3, -0.25) is 4.79 Å². The molecule has 0 saturated heterocycles. The van der Waals surface area contributed by atoms with Gasteiger partial charge in [0.15, 0.2) is 0 Å². The Kier molecular flexibility index (Phi) is 4.80. The summed E-state index contributed by atoms with van der Waals surface area (Å²) in [5.41, 5.74) is 2.51. The Balaban J connectivity index is 2.12. The summed E-state index contributed by atoms with van der Waals surface area (Å²) in [5.74, 6) is -0.121. The number of carbonyl (C=O) groups is 1. The smallest absolute Gasteiger partial charge is 0.307 e. The minimum atomic E-state index is -0.121. The quantitative estimate of drug-likeness (QED) is 0.842. The molecule has 0 saturated carbocycles. The Morgan fingerprint density at radius 3 is 3.05 bits per heavy atom. The third-order valence-corrected chi connectivity index (χ3v) is 3.45. The molecule has 0 fully saturated rings. The third kappa shape index (κ3) is 3.47. The number of anilines is 1. The van der Waals surface area contributed by atoms with Gasteiger partial charge in [-0.15, -0.1) is 0 Å². The molecule has 2 rings (SSSR count). The Labute approximate surface area is 114 Å². The van der Waals surface area contributed by atoms with E-state index in [1.54, 1.807) is 0 Å². The monoisotopic (exact) mass is 262 g/mol. The Hall–Kier alpha value is -1.55. The van der Waals surface area contributed by atoms with Gasteiger partial charge < -0.3 is 15.0 Å². The number of nitrogens with zero attached hydrogens (tertiary/aromatic N) is 1. The first-order valence-electron chi connectivity index (χ1n) is 6.93. The van der Waals surface area contributed by atoms with E-state index in [0.717, 1.165) is 19.6 Å². The molecule has 1 N–H and O–H groups in total. The van der Waals surface area contributed by atoms with Crippen molar-refractivity contribution in [3.8, 4) is 0 Å². The third-order valence-electron chi connectivity index (χ3n) is 3.45. The first-order chi connectivity index (χ1) is 9.22. The van der Waals surface area contributed by atoms with Crippen LogP contribution in [0.25, 0.3) is 0 Å². The Morgan fingerprint density at radius 2 is 2.26 bits per heavy atom. The minimum absolute atomic E-state index is 0.121. The van der Waals surface area contributed by atoms with Crippen molar-refractivity contribution in [2.75, 3.05) is 24.6 Å². The van der Waals surface area contributed by atoms with Crippen molar-refractivity contribution >= 4 is 11.7 Å². The summed E-state index contributed by atoms with van der Waals surface area (Å²) in [5, 5.41) is 3.41. The fraction of sp³-hybridized carbons (Fsp3) is 0.533. The summed E-state index contributed by atoms with van der Waals surface area (Å²) in [7, 11) is 0.